The second kappa shape index (κ2) is 15.3. The molecule has 0 aliphatic carbocycles. The molecule has 2 aromatic carbocycles. The highest BCUT2D eigenvalue weighted by molar-refractivity contribution is 7.09. The molecule has 0 bridgehead atoms. The van der Waals surface area contributed by atoms with Gasteiger partial charge in [-0.3, -0.25) is 14.5 Å². The summed E-state index contributed by atoms with van der Waals surface area (Å²) < 4.78 is 2.34. The number of aromatic nitrogens is 2. The molecule has 2 amide bonds. The average Bonchev–Trinajstić information content (AvgIpc) is 3.68. The minimum Gasteiger partial charge on any atom is -0.355 e. The molecule has 8 nitrogen and oxygen atoms in total. The van der Waals surface area contributed by atoms with Crippen molar-refractivity contribution in [2.24, 2.45) is 0 Å². The summed E-state index contributed by atoms with van der Waals surface area (Å²) in [5, 5.41) is 7.82. The Morgan fingerprint density at radius 1 is 0.930 bits per heavy atom. The van der Waals surface area contributed by atoms with Crippen LogP contribution in [0.3, 0.4) is 0 Å². The lowest BCUT2D eigenvalue weighted by Gasteiger charge is -2.34. The molecule has 0 spiro atoms. The summed E-state index contributed by atoms with van der Waals surface area (Å²) in [6.45, 7) is 11.2. The molecule has 2 N–H and O–H groups in total. The van der Waals surface area contributed by atoms with E-state index in [1.165, 1.54) is 10.4 Å². The van der Waals surface area contributed by atoms with E-state index in [0.717, 1.165) is 81.8 Å². The topological polar surface area (TPSA) is 82.5 Å². The molecule has 9 heteroatoms. The molecule has 0 unspecified atom stereocenters. The highest BCUT2D eigenvalue weighted by atomic mass is 32.1. The van der Waals surface area contributed by atoms with Crippen molar-refractivity contribution in [3.05, 3.63) is 87.9 Å². The van der Waals surface area contributed by atoms with Crippen LogP contribution >= 0.6 is 11.3 Å². The molecule has 5 rings (SSSR count). The van der Waals surface area contributed by atoms with Gasteiger partial charge in [0.15, 0.2) is 0 Å². The van der Waals surface area contributed by atoms with E-state index in [-0.39, 0.29) is 18.4 Å². The number of imidazole rings is 1. The zero-order valence-electron chi connectivity index (χ0n) is 25.4. The first-order chi connectivity index (χ1) is 21.0. The average molecular weight is 601 g/mol. The predicted octanol–water partition coefficient (Wildman–Crippen LogP) is 5.10. The van der Waals surface area contributed by atoms with E-state index in [1.54, 1.807) is 11.3 Å². The van der Waals surface area contributed by atoms with Gasteiger partial charge in [-0.1, -0.05) is 50.2 Å². The molecular formula is C34H44N6O2S. The molecule has 3 heterocycles. The smallest absolute Gasteiger partial charge is 0.251 e. The molecule has 228 valence electrons. The number of hydrogen-bond donors (Lipinski definition) is 2. The van der Waals surface area contributed by atoms with Crippen LogP contribution < -0.4 is 10.6 Å². The van der Waals surface area contributed by atoms with Gasteiger partial charge in [-0.05, 0) is 61.0 Å². The number of hydrogen-bond acceptors (Lipinski definition) is 6. The van der Waals surface area contributed by atoms with Crippen LogP contribution in [0, 0.1) is 0 Å². The van der Waals surface area contributed by atoms with Gasteiger partial charge in [0.25, 0.3) is 5.91 Å². The van der Waals surface area contributed by atoms with Crippen molar-refractivity contribution in [3.63, 3.8) is 0 Å². The Morgan fingerprint density at radius 2 is 1.70 bits per heavy atom. The normalized spacial score (nSPS) is 14.4. The van der Waals surface area contributed by atoms with Gasteiger partial charge < -0.3 is 20.1 Å². The number of carbonyl (C=O) groups is 2. The van der Waals surface area contributed by atoms with Gasteiger partial charge in [-0.25, -0.2) is 4.98 Å². The highest BCUT2D eigenvalue weighted by Crippen LogP contribution is 2.28. The molecule has 1 aliphatic heterocycles. The van der Waals surface area contributed by atoms with Crippen LogP contribution in [-0.2, 0) is 17.8 Å². The molecular weight excluding hydrogens is 556 g/mol. The third-order valence-corrected chi connectivity index (χ3v) is 9.22. The van der Waals surface area contributed by atoms with Crippen molar-refractivity contribution in [2.75, 3.05) is 45.8 Å². The summed E-state index contributed by atoms with van der Waals surface area (Å²) in [4.78, 5) is 36.6. The standard InChI is InChI=1S/C34H44N6O2S/c1-3-28(4-2)40-31-14-13-27(22-30(31)37-32(40)23-29-12-8-21-43-29)34(42)36-24-33(41)35-15-9-16-38-17-19-39(20-18-38)25-26-10-6-5-7-11-26/h5-8,10-14,21-22,28H,3-4,9,15-20,23-25H2,1-2H3,(H,35,41)(H,36,42). The maximum absolute atomic E-state index is 12.9. The molecule has 0 radical (unpaired) electrons. The second-order valence-corrected chi connectivity index (χ2v) is 12.3. The van der Waals surface area contributed by atoms with Crippen LogP contribution in [-0.4, -0.2) is 77.0 Å². The van der Waals surface area contributed by atoms with Crippen molar-refractivity contribution in [3.8, 4) is 0 Å². The molecule has 43 heavy (non-hydrogen) atoms. The van der Waals surface area contributed by atoms with E-state index in [4.69, 9.17) is 4.98 Å². The number of fused-ring (bicyclic) bond motifs is 1. The van der Waals surface area contributed by atoms with Gasteiger partial charge in [-0.2, -0.15) is 0 Å². The molecule has 2 aromatic heterocycles. The molecule has 0 atom stereocenters. The fraction of sp³-hybridized carbons (Fsp3) is 0.441. The molecule has 1 fully saturated rings. The van der Waals surface area contributed by atoms with Crippen molar-refractivity contribution in [1.82, 2.24) is 30.0 Å². The first-order valence-electron chi connectivity index (χ1n) is 15.6. The zero-order valence-corrected chi connectivity index (χ0v) is 26.2. The fourth-order valence-corrected chi connectivity index (χ4v) is 6.61. The van der Waals surface area contributed by atoms with E-state index in [0.29, 0.717) is 18.2 Å². The first kappa shape index (κ1) is 30.9. The fourth-order valence-electron chi connectivity index (χ4n) is 5.91. The maximum Gasteiger partial charge on any atom is 0.251 e. The molecule has 0 saturated carbocycles. The Kier molecular flexibility index (Phi) is 11.0. The third-order valence-electron chi connectivity index (χ3n) is 8.34. The number of piperazine rings is 1. The van der Waals surface area contributed by atoms with Crippen molar-refractivity contribution < 1.29 is 9.59 Å². The second-order valence-electron chi connectivity index (χ2n) is 11.3. The zero-order chi connectivity index (χ0) is 30.0. The third kappa shape index (κ3) is 8.31. The highest BCUT2D eigenvalue weighted by Gasteiger charge is 2.20. The van der Waals surface area contributed by atoms with Gasteiger partial charge in [0.2, 0.25) is 5.91 Å². The summed E-state index contributed by atoms with van der Waals surface area (Å²) in [5.41, 5.74) is 3.74. The Morgan fingerprint density at radius 3 is 2.42 bits per heavy atom. The van der Waals surface area contributed by atoms with Gasteiger partial charge >= 0.3 is 0 Å². The lowest BCUT2D eigenvalue weighted by molar-refractivity contribution is -0.120. The number of nitrogens with zero attached hydrogens (tertiary/aromatic N) is 4. The molecule has 4 aromatic rings. The number of rotatable bonds is 14. The van der Waals surface area contributed by atoms with Crippen LogP contribution in [0.25, 0.3) is 11.0 Å². The predicted molar refractivity (Wildman–Crippen MR) is 175 cm³/mol. The van der Waals surface area contributed by atoms with Crippen LogP contribution in [0.2, 0.25) is 0 Å². The van der Waals surface area contributed by atoms with Gasteiger partial charge in [0.05, 0.1) is 17.6 Å². The largest absolute Gasteiger partial charge is 0.355 e. The van der Waals surface area contributed by atoms with Crippen LogP contribution in [0.1, 0.15) is 65.8 Å². The van der Waals surface area contributed by atoms with Crippen LogP contribution in [0.4, 0.5) is 0 Å². The SMILES string of the molecule is CCC(CC)n1c(Cc2cccs2)nc2cc(C(=O)NCC(=O)NCCCN3CCN(Cc4ccccc4)CC3)ccc21. The van der Waals surface area contributed by atoms with E-state index >= 15 is 0 Å². The summed E-state index contributed by atoms with van der Waals surface area (Å²) >= 11 is 1.74. The minimum atomic E-state index is -0.262. The summed E-state index contributed by atoms with van der Waals surface area (Å²) in [6.07, 6.45) is 3.70. The monoisotopic (exact) mass is 600 g/mol. The van der Waals surface area contributed by atoms with Crippen molar-refractivity contribution >= 4 is 34.2 Å². The molecule has 1 aliphatic rings. The maximum atomic E-state index is 12.9. The number of thiophene rings is 1. The minimum absolute atomic E-state index is 0.0408. The summed E-state index contributed by atoms with van der Waals surface area (Å²) in [7, 11) is 0. The van der Waals surface area contributed by atoms with Crippen LogP contribution in [0.5, 0.6) is 0 Å². The van der Waals surface area contributed by atoms with Gasteiger partial charge in [-0.15, -0.1) is 11.3 Å². The Hall–Kier alpha value is -3.53. The number of amides is 2. The number of benzene rings is 2. The lowest BCUT2D eigenvalue weighted by Crippen LogP contribution is -2.46. The first-order valence-corrected chi connectivity index (χ1v) is 16.5. The van der Waals surface area contributed by atoms with E-state index in [9.17, 15) is 9.59 Å². The Balaban J connectivity index is 1.06. The Bertz CT molecular complexity index is 1460. The van der Waals surface area contributed by atoms with E-state index < -0.39 is 0 Å². The van der Waals surface area contributed by atoms with Crippen molar-refractivity contribution in [2.45, 2.75) is 52.1 Å². The quantitative estimate of drug-likeness (QED) is 0.197. The van der Waals surface area contributed by atoms with Gasteiger partial charge in [0, 0.05) is 62.2 Å². The summed E-state index contributed by atoms with van der Waals surface area (Å²) in [5.74, 6) is 0.595. The van der Waals surface area contributed by atoms with E-state index in [1.807, 2.05) is 18.2 Å². The van der Waals surface area contributed by atoms with Crippen molar-refractivity contribution in [1.29, 1.82) is 0 Å². The summed E-state index contributed by atoms with van der Waals surface area (Å²) in [6, 6.07) is 20.9. The van der Waals surface area contributed by atoms with Crippen LogP contribution in [0.15, 0.2) is 66.0 Å². The van der Waals surface area contributed by atoms with Gasteiger partial charge in [0.1, 0.15) is 5.82 Å². The number of nitrogens with one attached hydrogen (secondary N) is 2. The molecule has 1 saturated heterocycles. The number of carbonyl (C=O) groups excluding carboxylic acids is 2. The lowest BCUT2D eigenvalue weighted by atomic mass is 10.1. The Labute approximate surface area is 259 Å². The van der Waals surface area contributed by atoms with E-state index in [2.05, 4.69) is 86.7 Å².